The first-order valence-corrected chi connectivity index (χ1v) is 10.4. The van der Waals surface area contributed by atoms with Gasteiger partial charge in [-0.3, -0.25) is 9.69 Å². The number of nitrogens with zero attached hydrogens (tertiary/aromatic N) is 4. The number of aryl methyl sites for hydroxylation is 2. The summed E-state index contributed by atoms with van der Waals surface area (Å²) in [6.07, 6.45) is 0.493. The third-order valence-corrected chi connectivity index (χ3v) is 6.59. The molecule has 2 saturated heterocycles. The molecule has 2 aromatic heterocycles. The van der Waals surface area contributed by atoms with Gasteiger partial charge >= 0.3 is 0 Å². The number of hydrogen-bond acceptors (Lipinski definition) is 7. The van der Waals surface area contributed by atoms with Crippen molar-refractivity contribution in [2.24, 2.45) is 0 Å². The highest BCUT2D eigenvalue weighted by Gasteiger charge is 2.26. The molecule has 1 amide bonds. The summed E-state index contributed by atoms with van der Waals surface area (Å²) >= 11 is 1.74. The number of thiophene rings is 1. The molecule has 8 heteroatoms. The SMILES string of the molecule is Cc1sc2nc(CN3CCOCC3)nc(N3CCNC(=O)C[C@H]3C)c2c1C. The quantitative estimate of drug-likeness (QED) is 0.864. The number of amides is 1. The molecule has 0 unspecified atom stereocenters. The maximum Gasteiger partial charge on any atom is 0.222 e. The fourth-order valence-corrected chi connectivity index (χ4v) is 4.85. The Balaban J connectivity index is 1.75. The second-order valence-corrected chi connectivity index (χ2v) is 8.62. The zero-order valence-corrected chi connectivity index (χ0v) is 17.1. The molecule has 0 aromatic carbocycles. The van der Waals surface area contributed by atoms with Gasteiger partial charge in [-0.05, 0) is 26.3 Å². The largest absolute Gasteiger partial charge is 0.379 e. The van der Waals surface area contributed by atoms with Crippen molar-refractivity contribution in [1.82, 2.24) is 20.2 Å². The zero-order chi connectivity index (χ0) is 19.0. The van der Waals surface area contributed by atoms with E-state index in [-0.39, 0.29) is 11.9 Å². The van der Waals surface area contributed by atoms with E-state index in [0.717, 1.165) is 61.3 Å². The molecule has 0 spiro atoms. The highest BCUT2D eigenvalue weighted by Crippen LogP contribution is 2.36. The third-order valence-electron chi connectivity index (χ3n) is 5.48. The molecule has 4 heterocycles. The maximum atomic E-state index is 11.9. The Kier molecular flexibility index (Phi) is 5.29. The van der Waals surface area contributed by atoms with Crippen molar-refractivity contribution >= 4 is 33.3 Å². The van der Waals surface area contributed by atoms with Crippen molar-refractivity contribution in [3.8, 4) is 0 Å². The number of aromatic nitrogens is 2. The lowest BCUT2D eigenvalue weighted by Crippen LogP contribution is -2.37. The normalized spacial score (nSPS) is 22.1. The van der Waals surface area contributed by atoms with Crippen LogP contribution in [0.5, 0.6) is 0 Å². The molecule has 2 aromatic rings. The van der Waals surface area contributed by atoms with Gasteiger partial charge in [0, 0.05) is 43.5 Å². The summed E-state index contributed by atoms with van der Waals surface area (Å²) in [5.74, 6) is 1.95. The second kappa shape index (κ2) is 7.69. The van der Waals surface area contributed by atoms with Crippen LogP contribution in [0, 0.1) is 13.8 Å². The lowest BCUT2D eigenvalue weighted by atomic mass is 10.1. The Morgan fingerprint density at radius 1 is 1.22 bits per heavy atom. The molecule has 146 valence electrons. The first kappa shape index (κ1) is 18.6. The number of carbonyl (C=O) groups is 1. The van der Waals surface area contributed by atoms with E-state index in [1.807, 2.05) is 0 Å². The van der Waals surface area contributed by atoms with Gasteiger partial charge in [-0.2, -0.15) is 0 Å². The van der Waals surface area contributed by atoms with Gasteiger partial charge in [0.25, 0.3) is 0 Å². The van der Waals surface area contributed by atoms with Crippen molar-refractivity contribution in [2.75, 3.05) is 44.3 Å². The van der Waals surface area contributed by atoms with Gasteiger partial charge in [-0.15, -0.1) is 11.3 Å². The van der Waals surface area contributed by atoms with Crippen molar-refractivity contribution in [3.63, 3.8) is 0 Å². The Labute approximate surface area is 163 Å². The molecule has 0 aliphatic carbocycles. The van der Waals surface area contributed by atoms with E-state index in [1.54, 1.807) is 11.3 Å². The minimum absolute atomic E-state index is 0.112. The molecule has 2 fully saturated rings. The van der Waals surface area contributed by atoms with E-state index >= 15 is 0 Å². The summed E-state index contributed by atoms with van der Waals surface area (Å²) in [6, 6.07) is 0.112. The average Bonchev–Trinajstić information content (AvgIpc) is 2.81. The number of rotatable bonds is 3. The molecule has 4 rings (SSSR count). The fourth-order valence-electron chi connectivity index (χ4n) is 3.81. The molecule has 0 saturated carbocycles. The number of carbonyl (C=O) groups excluding carboxylic acids is 1. The highest BCUT2D eigenvalue weighted by atomic mass is 32.1. The van der Waals surface area contributed by atoms with Gasteiger partial charge in [0.1, 0.15) is 16.5 Å². The van der Waals surface area contributed by atoms with E-state index in [9.17, 15) is 4.79 Å². The van der Waals surface area contributed by atoms with Gasteiger partial charge in [0.15, 0.2) is 0 Å². The summed E-state index contributed by atoms with van der Waals surface area (Å²) < 4.78 is 5.46. The van der Waals surface area contributed by atoms with Gasteiger partial charge in [-0.25, -0.2) is 9.97 Å². The molecule has 7 nitrogen and oxygen atoms in total. The smallest absolute Gasteiger partial charge is 0.222 e. The van der Waals surface area contributed by atoms with E-state index in [1.165, 1.54) is 10.4 Å². The minimum Gasteiger partial charge on any atom is -0.379 e. The Morgan fingerprint density at radius 2 is 2.00 bits per heavy atom. The van der Waals surface area contributed by atoms with E-state index in [2.05, 4.69) is 35.9 Å². The van der Waals surface area contributed by atoms with Gasteiger partial charge in [0.2, 0.25) is 5.91 Å². The summed E-state index contributed by atoms with van der Waals surface area (Å²) in [4.78, 5) is 28.8. The molecule has 27 heavy (non-hydrogen) atoms. The van der Waals surface area contributed by atoms with Crippen molar-refractivity contribution in [3.05, 3.63) is 16.3 Å². The van der Waals surface area contributed by atoms with Gasteiger partial charge in [-0.1, -0.05) is 0 Å². The molecular formula is C19H27N5O2S. The van der Waals surface area contributed by atoms with E-state index in [0.29, 0.717) is 13.0 Å². The van der Waals surface area contributed by atoms with Crippen molar-refractivity contribution in [2.45, 2.75) is 39.8 Å². The van der Waals surface area contributed by atoms with Crippen LogP contribution in [0.2, 0.25) is 0 Å². The molecule has 2 aliphatic rings. The van der Waals surface area contributed by atoms with Crippen LogP contribution in [0.4, 0.5) is 5.82 Å². The number of anilines is 1. The highest BCUT2D eigenvalue weighted by molar-refractivity contribution is 7.18. The zero-order valence-electron chi connectivity index (χ0n) is 16.2. The summed E-state index contributed by atoms with van der Waals surface area (Å²) in [7, 11) is 0. The molecule has 1 atom stereocenters. The topological polar surface area (TPSA) is 70.6 Å². The lowest BCUT2D eigenvalue weighted by molar-refractivity contribution is -0.120. The maximum absolute atomic E-state index is 11.9. The van der Waals surface area contributed by atoms with E-state index in [4.69, 9.17) is 14.7 Å². The Hall–Kier alpha value is -1.77. The molecule has 0 bridgehead atoms. The number of ether oxygens (including phenoxy) is 1. The van der Waals surface area contributed by atoms with Crippen LogP contribution in [-0.4, -0.2) is 66.2 Å². The van der Waals surface area contributed by atoms with Crippen LogP contribution in [0.25, 0.3) is 10.2 Å². The van der Waals surface area contributed by atoms with Crippen LogP contribution in [-0.2, 0) is 16.1 Å². The summed E-state index contributed by atoms with van der Waals surface area (Å²) in [6.45, 7) is 11.9. The molecule has 0 radical (unpaired) electrons. The number of nitrogens with one attached hydrogen (secondary N) is 1. The standard InChI is InChI=1S/C19H27N5O2S/c1-12-10-16(25)20-4-5-24(12)18-17-13(2)14(3)27-19(17)22-15(21-18)11-23-6-8-26-9-7-23/h12H,4-11H2,1-3H3,(H,20,25)/t12-/m1/s1. The Morgan fingerprint density at radius 3 is 2.78 bits per heavy atom. The molecule has 1 N–H and O–H groups in total. The molecule has 2 aliphatic heterocycles. The average molecular weight is 390 g/mol. The summed E-state index contributed by atoms with van der Waals surface area (Å²) in [5, 5.41) is 4.12. The number of fused-ring (bicyclic) bond motifs is 1. The first-order chi connectivity index (χ1) is 13.0. The van der Waals surface area contributed by atoms with E-state index < -0.39 is 0 Å². The monoisotopic (exact) mass is 389 g/mol. The van der Waals surface area contributed by atoms with Crippen LogP contribution in [0.15, 0.2) is 0 Å². The van der Waals surface area contributed by atoms with Crippen LogP contribution >= 0.6 is 11.3 Å². The van der Waals surface area contributed by atoms with Crippen LogP contribution < -0.4 is 10.2 Å². The summed E-state index contributed by atoms with van der Waals surface area (Å²) in [5.41, 5.74) is 1.25. The van der Waals surface area contributed by atoms with Crippen LogP contribution in [0.1, 0.15) is 29.6 Å². The first-order valence-electron chi connectivity index (χ1n) is 9.63. The Bertz CT molecular complexity index is 846. The lowest BCUT2D eigenvalue weighted by Gasteiger charge is -2.29. The predicted molar refractivity (Wildman–Crippen MR) is 107 cm³/mol. The van der Waals surface area contributed by atoms with Crippen LogP contribution in [0.3, 0.4) is 0 Å². The van der Waals surface area contributed by atoms with Crippen molar-refractivity contribution in [1.29, 1.82) is 0 Å². The van der Waals surface area contributed by atoms with Gasteiger partial charge < -0.3 is 15.0 Å². The molecular weight excluding hydrogens is 362 g/mol. The van der Waals surface area contributed by atoms with Crippen molar-refractivity contribution < 1.29 is 9.53 Å². The predicted octanol–water partition coefficient (Wildman–Crippen LogP) is 1.86. The minimum atomic E-state index is 0.112. The number of hydrogen-bond donors (Lipinski definition) is 1. The fraction of sp³-hybridized carbons (Fsp3) is 0.632. The second-order valence-electron chi connectivity index (χ2n) is 7.41. The number of morpholine rings is 1. The van der Waals surface area contributed by atoms with Gasteiger partial charge in [0.05, 0.1) is 25.1 Å². The third kappa shape index (κ3) is 3.79.